The van der Waals surface area contributed by atoms with Gasteiger partial charge < -0.3 is 9.47 Å². The summed E-state index contributed by atoms with van der Waals surface area (Å²) in [7, 11) is 1.56. The first-order valence-corrected chi connectivity index (χ1v) is 13.0. The number of nitrogens with zero attached hydrogens (tertiary/aromatic N) is 1. The quantitative estimate of drug-likeness (QED) is 0.313. The molecular formula is C29H26FNO5S. The normalized spacial score (nSPS) is 21.6. The van der Waals surface area contributed by atoms with Crippen LogP contribution in [0.5, 0.6) is 5.75 Å². The predicted molar refractivity (Wildman–Crippen MR) is 138 cm³/mol. The number of methoxy groups -OCH3 is 1. The Morgan fingerprint density at radius 1 is 1.08 bits per heavy atom. The van der Waals surface area contributed by atoms with Crippen molar-refractivity contribution in [3.8, 4) is 5.75 Å². The van der Waals surface area contributed by atoms with Gasteiger partial charge in [0.25, 0.3) is 0 Å². The number of hydrogen-bond donors (Lipinski definition) is 0. The van der Waals surface area contributed by atoms with Gasteiger partial charge in [0.1, 0.15) is 17.5 Å². The molecule has 0 radical (unpaired) electrons. The zero-order valence-electron chi connectivity index (χ0n) is 20.5. The van der Waals surface area contributed by atoms with Gasteiger partial charge in [-0.2, -0.15) is 0 Å². The van der Waals surface area contributed by atoms with Crippen LogP contribution in [-0.4, -0.2) is 31.4 Å². The Labute approximate surface area is 218 Å². The number of thiophene rings is 1. The summed E-state index contributed by atoms with van der Waals surface area (Å²) in [4.78, 5) is 43.5. The van der Waals surface area contributed by atoms with E-state index in [1.54, 1.807) is 20.1 Å². The van der Waals surface area contributed by atoms with E-state index >= 15 is 0 Å². The summed E-state index contributed by atoms with van der Waals surface area (Å²) >= 11 is 1.46. The maximum absolute atomic E-state index is 14.3. The molecule has 37 heavy (non-hydrogen) atoms. The number of ketones is 1. The molecule has 3 aromatic rings. The molecule has 1 aliphatic heterocycles. The van der Waals surface area contributed by atoms with Gasteiger partial charge in [-0.25, -0.2) is 4.39 Å². The molecule has 0 N–H and O–H groups in total. The third kappa shape index (κ3) is 4.57. The molecule has 3 atom stereocenters. The van der Waals surface area contributed by atoms with Gasteiger partial charge in [0.2, 0.25) is 5.91 Å². The summed E-state index contributed by atoms with van der Waals surface area (Å²) in [5.74, 6) is -2.98. The van der Waals surface area contributed by atoms with Crippen LogP contribution in [0.3, 0.4) is 0 Å². The Morgan fingerprint density at radius 3 is 2.54 bits per heavy atom. The first kappa shape index (κ1) is 24.9. The minimum atomic E-state index is -1.02. The molecule has 0 fully saturated rings. The van der Waals surface area contributed by atoms with Crippen molar-refractivity contribution in [1.82, 2.24) is 0 Å². The van der Waals surface area contributed by atoms with Crippen molar-refractivity contribution >= 4 is 34.7 Å². The van der Waals surface area contributed by atoms with Crippen LogP contribution in [-0.2, 0) is 19.1 Å². The Bertz CT molecular complexity index is 1370. The average Bonchev–Trinajstić information content (AvgIpc) is 3.44. The van der Waals surface area contributed by atoms with Crippen LogP contribution in [0.4, 0.5) is 10.1 Å². The molecule has 1 aliphatic carbocycles. The Morgan fingerprint density at radius 2 is 1.86 bits per heavy atom. The second kappa shape index (κ2) is 10.3. The van der Waals surface area contributed by atoms with Gasteiger partial charge in [-0.05, 0) is 66.8 Å². The number of halogens is 1. The Kier molecular flexibility index (Phi) is 6.93. The molecule has 6 nitrogen and oxygen atoms in total. The first-order chi connectivity index (χ1) is 17.9. The van der Waals surface area contributed by atoms with Crippen LogP contribution >= 0.6 is 11.3 Å². The number of esters is 1. The molecule has 8 heteroatoms. The number of ether oxygens (including phenoxy) is 2. The van der Waals surface area contributed by atoms with Crippen molar-refractivity contribution in [2.24, 2.45) is 5.92 Å². The fourth-order valence-electron chi connectivity index (χ4n) is 5.33. The van der Waals surface area contributed by atoms with E-state index in [1.807, 2.05) is 35.7 Å². The minimum absolute atomic E-state index is 0.0222. The zero-order chi connectivity index (χ0) is 26.1. The fourth-order valence-corrected chi connectivity index (χ4v) is 6.20. The van der Waals surface area contributed by atoms with Crippen LogP contribution < -0.4 is 9.64 Å². The average molecular weight is 520 g/mol. The monoisotopic (exact) mass is 519 g/mol. The SMILES string of the molecule is CCOC(=O)C1C(=O)C2=C(CC1c1cccs1)N(c1ccc(F)cc1)C(=O)CC2c1cccc(OC)c1. The standard InChI is InChI=1S/C29H26FNO5S/c1-3-36-29(34)27-22(24-8-5-13-37-24)15-23-26(28(27)33)21(17-6-4-7-20(14-17)35-2)16-25(32)31(23)19-11-9-18(30)10-12-19/h4-14,21-22,27H,3,15-16H2,1-2H3. The van der Waals surface area contributed by atoms with E-state index in [1.165, 1.54) is 40.5 Å². The molecule has 0 saturated carbocycles. The number of rotatable bonds is 6. The van der Waals surface area contributed by atoms with E-state index in [-0.39, 0.29) is 31.1 Å². The summed E-state index contributed by atoms with van der Waals surface area (Å²) in [6, 6.07) is 16.7. The minimum Gasteiger partial charge on any atom is -0.497 e. The van der Waals surface area contributed by atoms with Crippen LogP contribution in [0.15, 0.2) is 77.3 Å². The molecule has 0 saturated heterocycles. The lowest BCUT2D eigenvalue weighted by atomic mass is 9.69. The maximum atomic E-state index is 14.3. The third-order valence-electron chi connectivity index (χ3n) is 6.95. The number of carbonyl (C=O) groups is 3. The molecule has 2 heterocycles. The second-order valence-corrected chi connectivity index (χ2v) is 10.00. The lowest BCUT2D eigenvalue weighted by Gasteiger charge is -2.42. The number of benzene rings is 2. The lowest BCUT2D eigenvalue weighted by molar-refractivity contribution is -0.152. The molecule has 0 spiro atoms. The van der Waals surface area contributed by atoms with Crippen LogP contribution in [0.2, 0.25) is 0 Å². The van der Waals surface area contributed by atoms with Crippen LogP contribution in [0.25, 0.3) is 0 Å². The van der Waals surface area contributed by atoms with Crippen LogP contribution in [0, 0.1) is 11.7 Å². The largest absolute Gasteiger partial charge is 0.497 e. The molecule has 2 aliphatic rings. The van der Waals surface area contributed by atoms with Crippen molar-refractivity contribution in [1.29, 1.82) is 0 Å². The van der Waals surface area contributed by atoms with E-state index in [2.05, 4.69) is 0 Å². The molecule has 2 aromatic carbocycles. The van der Waals surface area contributed by atoms with E-state index < -0.39 is 29.5 Å². The van der Waals surface area contributed by atoms with Crippen molar-refractivity contribution in [2.75, 3.05) is 18.6 Å². The van der Waals surface area contributed by atoms with Gasteiger partial charge in [0, 0.05) is 40.1 Å². The van der Waals surface area contributed by atoms with Gasteiger partial charge >= 0.3 is 5.97 Å². The lowest BCUT2D eigenvalue weighted by Crippen LogP contribution is -2.46. The summed E-state index contributed by atoms with van der Waals surface area (Å²) < 4.78 is 24.5. The highest BCUT2D eigenvalue weighted by Gasteiger charge is 2.50. The van der Waals surface area contributed by atoms with Gasteiger partial charge in [-0.1, -0.05) is 18.2 Å². The number of carbonyl (C=O) groups excluding carboxylic acids is 3. The first-order valence-electron chi connectivity index (χ1n) is 12.1. The van der Waals surface area contributed by atoms with E-state index in [4.69, 9.17) is 9.47 Å². The third-order valence-corrected chi connectivity index (χ3v) is 7.96. The van der Waals surface area contributed by atoms with Crippen molar-refractivity contribution < 1.29 is 28.2 Å². The Balaban J connectivity index is 1.71. The number of allylic oxidation sites excluding steroid dienone is 2. The molecule has 0 bridgehead atoms. The molecular weight excluding hydrogens is 493 g/mol. The van der Waals surface area contributed by atoms with E-state index in [0.717, 1.165) is 10.4 Å². The fraction of sp³-hybridized carbons (Fsp3) is 0.276. The highest BCUT2D eigenvalue weighted by atomic mass is 32.1. The molecule has 1 aromatic heterocycles. The summed E-state index contributed by atoms with van der Waals surface area (Å²) in [6.07, 6.45) is 0.309. The van der Waals surface area contributed by atoms with E-state index in [0.29, 0.717) is 22.7 Å². The number of amides is 1. The van der Waals surface area contributed by atoms with Crippen molar-refractivity contribution in [2.45, 2.75) is 31.6 Å². The number of Topliss-reactive ketones (excluding diaryl/α,β-unsaturated/α-hetero) is 1. The topological polar surface area (TPSA) is 72.9 Å². The molecule has 1 amide bonds. The van der Waals surface area contributed by atoms with Crippen molar-refractivity contribution in [3.63, 3.8) is 0 Å². The summed E-state index contributed by atoms with van der Waals surface area (Å²) in [5, 5.41) is 1.90. The summed E-state index contributed by atoms with van der Waals surface area (Å²) in [6.45, 7) is 1.87. The smallest absolute Gasteiger partial charge is 0.317 e. The van der Waals surface area contributed by atoms with Crippen molar-refractivity contribution in [3.05, 3.63) is 93.6 Å². The van der Waals surface area contributed by atoms with Gasteiger partial charge in [0.15, 0.2) is 5.78 Å². The van der Waals surface area contributed by atoms with Gasteiger partial charge in [0.05, 0.1) is 13.7 Å². The predicted octanol–water partition coefficient (Wildman–Crippen LogP) is 5.61. The maximum Gasteiger partial charge on any atom is 0.317 e. The highest BCUT2D eigenvalue weighted by Crippen LogP contribution is 2.50. The van der Waals surface area contributed by atoms with E-state index in [9.17, 15) is 18.8 Å². The molecule has 190 valence electrons. The number of hydrogen-bond acceptors (Lipinski definition) is 6. The second-order valence-electron chi connectivity index (χ2n) is 9.02. The highest BCUT2D eigenvalue weighted by molar-refractivity contribution is 7.10. The molecule has 5 rings (SSSR count). The molecule has 3 unspecified atom stereocenters. The van der Waals surface area contributed by atoms with Crippen LogP contribution in [0.1, 0.15) is 42.0 Å². The summed E-state index contributed by atoms with van der Waals surface area (Å²) in [5.41, 5.74) is 2.20. The Hall–Kier alpha value is -3.78. The van der Waals surface area contributed by atoms with Gasteiger partial charge in [-0.15, -0.1) is 11.3 Å². The number of anilines is 1. The zero-order valence-corrected chi connectivity index (χ0v) is 21.3. The van der Waals surface area contributed by atoms with Gasteiger partial charge in [-0.3, -0.25) is 19.3 Å².